The minimum absolute atomic E-state index is 0.0947. The maximum absolute atomic E-state index is 13.1. The highest BCUT2D eigenvalue weighted by atomic mass is 16.5. The average Bonchev–Trinajstić information content (AvgIpc) is 3.51. The fraction of sp³-hybridized carbons (Fsp3) is 0.444. The van der Waals surface area contributed by atoms with E-state index in [0.29, 0.717) is 12.1 Å². The van der Waals surface area contributed by atoms with Gasteiger partial charge in [0.25, 0.3) is 5.91 Å². The van der Waals surface area contributed by atoms with Crippen LogP contribution in [0.15, 0.2) is 48.5 Å². The molecule has 1 atom stereocenters. The first-order valence-electron chi connectivity index (χ1n) is 12.1. The molecule has 2 aliphatic carbocycles. The number of amides is 3. The molecule has 2 fully saturated rings. The first-order chi connectivity index (χ1) is 16.5. The summed E-state index contributed by atoms with van der Waals surface area (Å²) in [6.45, 7) is 0.382. The van der Waals surface area contributed by atoms with Gasteiger partial charge in [-0.15, -0.1) is 0 Å². The van der Waals surface area contributed by atoms with Crippen molar-refractivity contribution in [1.29, 1.82) is 0 Å². The van der Waals surface area contributed by atoms with Crippen molar-refractivity contribution in [3.8, 4) is 5.75 Å². The molecule has 34 heavy (non-hydrogen) atoms. The van der Waals surface area contributed by atoms with E-state index < -0.39 is 6.04 Å². The average molecular weight is 462 g/mol. The Bertz CT molecular complexity index is 1100. The normalized spacial score (nSPS) is 20.7. The highest BCUT2D eigenvalue weighted by Crippen LogP contribution is 2.44. The van der Waals surface area contributed by atoms with Crippen molar-refractivity contribution in [2.75, 3.05) is 20.2 Å². The number of carbonyl (C=O) groups is 3. The molecule has 0 saturated heterocycles. The lowest BCUT2D eigenvalue weighted by atomic mass is 9.78. The van der Waals surface area contributed by atoms with E-state index in [1.807, 2.05) is 36.4 Å². The van der Waals surface area contributed by atoms with E-state index in [9.17, 15) is 14.4 Å². The summed E-state index contributed by atoms with van der Waals surface area (Å²) in [5, 5.41) is 5.82. The number of methoxy groups -OCH3 is 1. The van der Waals surface area contributed by atoms with Crippen LogP contribution in [0.4, 0.5) is 0 Å². The Balaban J connectivity index is 1.23. The summed E-state index contributed by atoms with van der Waals surface area (Å²) in [4.78, 5) is 40.4. The zero-order chi connectivity index (χ0) is 23.7. The molecule has 1 aliphatic heterocycles. The number of carbonyl (C=O) groups excluding carboxylic acids is 3. The predicted octanol–water partition coefficient (Wildman–Crippen LogP) is 3.10. The van der Waals surface area contributed by atoms with Crippen LogP contribution < -0.4 is 15.4 Å². The van der Waals surface area contributed by atoms with Crippen LogP contribution in [0.25, 0.3) is 0 Å². The van der Waals surface area contributed by atoms with Crippen LogP contribution in [0.3, 0.4) is 0 Å². The van der Waals surface area contributed by atoms with Gasteiger partial charge in [0.2, 0.25) is 11.8 Å². The largest absolute Gasteiger partial charge is 0.496 e. The predicted molar refractivity (Wildman–Crippen MR) is 128 cm³/mol. The van der Waals surface area contributed by atoms with Gasteiger partial charge in [0.15, 0.2) is 0 Å². The van der Waals surface area contributed by atoms with Crippen LogP contribution in [0.2, 0.25) is 0 Å². The maximum atomic E-state index is 13.1. The summed E-state index contributed by atoms with van der Waals surface area (Å²) < 4.78 is 5.60. The summed E-state index contributed by atoms with van der Waals surface area (Å²) in [5.74, 6) is 0.213. The van der Waals surface area contributed by atoms with E-state index in [0.717, 1.165) is 55.4 Å². The van der Waals surface area contributed by atoms with Crippen molar-refractivity contribution < 1.29 is 19.1 Å². The van der Waals surface area contributed by atoms with Gasteiger partial charge in [0.1, 0.15) is 11.8 Å². The molecule has 3 aliphatic rings. The highest BCUT2D eigenvalue weighted by molar-refractivity contribution is 6.05. The van der Waals surface area contributed by atoms with Gasteiger partial charge < -0.3 is 20.3 Å². The van der Waals surface area contributed by atoms with Gasteiger partial charge >= 0.3 is 0 Å². The first kappa shape index (κ1) is 22.4. The molecule has 7 heteroatoms. The quantitative estimate of drug-likeness (QED) is 0.632. The molecule has 0 spiro atoms. The van der Waals surface area contributed by atoms with Crippen molar-refractivity contribution in [2.45, 2.75) is 56.0 Å². The summed E-state index contributed by atoms with van der Waals surface area (Å²) in [5.41, 5.74) is 2.27. The van der Waals surface area contributed by atoms with E-state index >= 15 is 0 Å². The number of nitrogens with zero attached hydrogens (tertiary/aromatic N) is 1. The van der Waals surface area contributed by atoms with Crippen LogP contribution in [0.1, 0.15) is 66.1 Å². The van der Waals surface area contributed by atoms with E-state index in [1.54, 1.807) is 18.1 Å². The summed E-state index contributed by atoms with van der Waals surface area (Å²) in [6, 6.07) is 14.7. The van der Waals surface area contributed by atoms with E-state index in [1.165, 1.54) is 0 Å². The Morgan fingerprint density at radius 2 is 1.74 bits per heavy atom. The molecule has 2 aromatic rings. The van der Waals surface area contributed by atoms with Gasteiger partial charge in [-0.3, -0.25) is 14.4 Å². The van der Waals surface area contributed by atoms with Crippen molar-refractivity contribution in [2.24, 2.45) is 0 Å². The lowest BCUT2D eigenvalue weighted by Crippen LogP contribution is -2.46. The van der Waals surface area contributed by atoms with Gasteiger partial charge in [0.05, 0.1) is 13.7 Å². The molecule has 1 heterocycles. The lowest BCUT2D eigenvalue weighted by molar-refractivity contribution is -0.129. The molecule has 1 unspecified atom stereocenters. The van der Waals surface area contributed by atoms with Crippen LogP contribution >= 0.6 is 0 Å². The van der Waals surface area contributed by atoms with E-state index in [2.05, 4.69) is 16.7 Å². The minimum atomic E-state index is -0.668. The SMILES string of the molecule is COc1ccccc1C1(CNC(=O)CNC(=O)C2c3ccccc3C(=O)N2C2CC2)CCCC1. The van der Waals surface area contributed by atoms with Gasteiger partial charge in [-0.2, -0.15) is 0 Å². The Morgan fingerprint density at radius 1 is 1.03 bits per heavy atom. The third kappa shape index (κ3) is 4.04. The van der Waals surface area contributed by atoms with Crippen molar-refractivity contribution in [1.82, 2.24) is 15.5 Å². The second-order valence-electron chi connectivity index (χ2n) is 9.62. The molecule has 178 valence electrons. The second-order valence-corrected chi connectivity index (χ2v) is 9.62. The molecular weight excluding hydrogens is 430 g/mol. The van der Waals surface area contributed by atoms with E-state index in [4.69, 9.17) is 4.74 Å². The number of para-hydroxylation sites is 1. The molecule has 3 amide bonds. The highest BCUT2D eigenvalue weighted by Gasteiger charge is 2.47. The Labute approximate surface area is 199 Å². The van der Waals surface area contributed by atoms with Crippen LogP contribution in [0, 0.1) is 0 Å². The summed E-state index contributed by atoms with van der Waals surface area (Å²) in [7, 11) is 1.67. The Hall–Kier alpha value is -3.35. The third-order valence-electron chi connectivity index (χ3n) is 7.47. The number of nitrogens with one attached hydrogen (secondary N) is 2. The van der Waals surface area contributed by atoms with Crippen molar-refractivity contribution >= 4 is 17.7 Å². The fourth-order valence-electron chi connectivity index (χ4n) is 5.60. The standard InChI is InChI=1S/C27H31N3O4/c1-34-22-11-5-4-10-21(22)27(14-6-7-15-27)17-29-23(31)16-28-25(32)24-19-8-2-3-9-20(19)26(33)30(24)18-12-13-18/h2-5,8-11,18,24H,6-7,12-17H2,1H3,(H,28,32)(H,29,31). The summed E-state index contributed by atoms with van der Waals surface area (Å²) >= 11 is 0. The molecule has 5 rings (SSSR count). The number of rotatable bonds is 8. The fourth-order valence-corrected chi connectivity index (χ4v) is 5.60. The number of hydrogen-bond acceptors (Lipinski definition) is 4. The van der Waals surface area contributed by atoms with Crippen LogP contribution in [0.5, 0.6) is 5.75 Å². The first-order valence-corrected chi connectivity index (χ1v) is 12.1. The molecule has 2 N–H and O–H groups in total. The Kier molecular flexibility index (Phi) is 6.02. The molecular formula is C27H31N3O4. The molecule has 7 nitrogen and oxygen atoms in total. The minimum Gasteiger partial charge on any atom is -0.496 e. The number of ether oxygens (including phenoxy) is 1. The zero-order valence-electron chi connectivity index (χ0n) is 19.5. The molecule has 0 aromatic heterocycles. The van der Waals surface area contributed by atoms with Gasteiger partial charge in [0, 0.05) is 29.1 Å². The maximum Gasteiger partial charge on any atom is 0.255 e. The van der Waals surface area contributed by atoms with Gasteiger partial charge in [-0.25, -0.2) is 0 Å². The third-order valence-corrected chi connectivity index (χ3v) is 7.47. The van der Waals surface area contributed by atoms with E-state index in [-0.39, 0.29) is 35.7 Å². The Morgan fingerprint density at radius 3 is 2.47 bits per heavy atom. The summed E-state index contributed by atoms with van der Waals surface area (Å²) in [6.07, 6.45) is 6.01. The zero-order valence-corrected chi connectivity index (χ0v) is 19.5. The monoisotopic (exact) mass is 461 g/mol. The van der Waals surface area contributed by atoms with Crippen LogP contribution in [-0.4, -0.2) is 48.9 Å². The number of fused-ring (bicyclic) bond motifs is 1. The van der Waals surface area contributed by atoms with Crippen LogP contribution in [-0.2, 0) is 15.0 Å². The molecule has 0 radical (unpaired) electrons. The smallest absolute Gasteiger partial charge is 0.255 e. The molecule has 2 aromatic carbocycles. The van der Waals surface area contributed by atoms with Crippen molar-refractivity contribution in [3.05, 3.63) is 65.2 Å². The van der Waals surface area contributed by atoms with Gasteiger partial charge in [-0.1, -0.05) is 49.2 Å². The molecule has 2 saturated carbocycles. The topological polar surface area (TPSA) is 87.7 Å². The second kappa shape index (κ2) is 9.12. The number of hydrogen-bond donors (Lipinski definition) is 2. The number of benzene rings is 2. The van der Waals surface area contributed by atoms with Crippen molar-refractivity contribution in [3.63, 3.8) is 0 Å². The van der Waals surface area contributed by atoms with Gasteiger partial charge in [-0.05, 0) is 43.4 Å². The lowest BCUT2D eigenvalue weighted by Gasteiger charge is -2.31. The molecule has 0 bridgehead atoms.